The molecule has 2 heterocycles. The SMILES string of the molecule is C[C@@H]1CCc2c(sc(NC(=O)Cc3cccs3)c2C#N)C1. The smallest absolute Gasteiger partial charge is 0.230 e. The van der Waals surface area contributed by atoms with E-state index >= 15 is 0 Å². The lowest BCUT2D eigenvalue weighted by atomic mass is 9.89. The number of thiophene rings is 2. The highest BCUT2D eigenvalue weighted by Crippen LogP contribution is 2.39. The zero-order valence-electron chi connectivity index (χ0n) is 11.8. The molecule has 0 fully saturated rings. The van der Waals surface area contributed by atoms with E-state index in [0.717, 1.165) is 34.7 Å². The van der Waals surface area contributed by atoms with Crippen LogP contribution in [0.3, 0.4) is 0 Å². The van der Waals surface area contributed by atoms with E-state index in [1.165, 1.54) is 4.88 Å². The zero-order valence-corrected chi connectivity index (χ0v) is 13.4. The van der Waals surface area contributed by atoms with Crippen LogP contribution in [0, 0.1) is 17.2 Å². The highest BCUT2D eigenvalue weighted by Gasteiger charge is 2.24. The summed E-state index contributed by atoms with van der Waals surface area (Å²) in [6.45, 7) is 2.24. The van der Waals surface area contributed by atoms with Gasteiger partial charge in [0.25, 0.3) is 0 Å². The molecule has 5 heteroatoms. The van der Waals surface area contributed by atoms with Crippen molar-refractivity contribution in [1.29, 1.82) is 5.26 Å². The van der Waals surface area contributed by atoms with Crippen molar-refractivity contribution in [2.45, 2.75) is 32.6 Å². The maximum Gasteiger partial charge on any atom is 0.230 e. The van der Waals surface area contributed by atoms with Crippen molar-refractivity contribution in [1.82, 2.24) is 0 Å². The number of anilines is 1. The summed E-state index contributed by atoms with van der Waals surface area (Å²) in [6.07, 6.45) is 3.48. The fraction of sp³-hybridized carbons (Fsp3) is 0.375. The van der Waals surface area contributed by atoms with E-state index in [1.54, 1.807) is 22.7 Å². The van der Waals surface area contributed by atoms with Gasteiger partial charge in [0.2, 0.25) is 5.91 Å². The Bertz CT molecular complexity index is 695. The number of nitrogens with zero attached hydrogens (tertiary/aromatic N) is 1. The lowest BCUT2D eigenvalue weighted by molar-refractivity contribution is -0.115. The lowest BCUT2D eigenvalue weighted by Crippen LogP contribution is -2.13. The Morgan fingerprint density at radius 1 is 1.57 bits per heavy atom. The first-order chi connectivity index (χ1) is 10.2. The molecule has 1 N–H and O–H groups in total. The summed E-state index contributed by atoms with van der Waals surface area (Å²) in [5.74, 6) is 0.623. The number of amides is 1. The average Bonchev–Trinajstić information content (AvgIpc) is 3.05. The molecule has 2 aromatic heterocycles. The number of hydrogen-bond acceptors (Lipinski definition) is 4. The summed E-state index contributed by atoms with van der Waals surface area (Å²) in [7, 11) is 0. The number of hydrogen-bond donors (Lipinski definition) is 1. The molecule has 0 saturated heterocycles. The highest BCUT2D eigenvalue weighted by atomic mass is 32.1. The Labute approximate surface area is 132 Å². The normalized spacial score (nSPS) is 17.0. The third-order valence-corrected chi connectivity index (χ3v) is 5.84. The van der Waals surface area contributed by atoms with E-state index in [4.69, 9.17) is 0 Å². The quantitative estimate of drug-likeness (QED) is 0.931. The van der Waals surface area contributed by atoms with Crippen LogP contribution in [0.2, 0.25) is 0 Å². The van der Waals surface area contributed by atoms with Crippen LogP contribution in [0.4, 0.5) is 5.00 Å². The van der Waals surface area contributed by atoms with E-state index in [2.05, 4.69) is 18.3 Å². The predicted molar refractivity (Wildman–Crippen MR) is 86.9 cm³/mol. The van der Waals surface area contributed by atoms with Crippen molar-refractivity contribution in [2.75, 3.05) is 5.32 Å². The Balaban J connectivity index is 1.79. The number of nitriles is 1. The summed E-state index contributed by atoms with van der Waals surface area (Å²) in [6, 6.07) is 6.18. The zero-order chi connectivity index (χ0) is 14.8. The average molecular weight is 316 g/mol. The molecule has 108 valence electrons. The number of carbonyl (C=O) groups is 1. The minimum atomic E-state index is -0.0411. The van der Waals surface area contributed by atoms with Crippen molar-refractivity contribution in [2.24, 2.45) is 5.92 Å². The standard InChI is InChI=1S/C16H16N2OS2/c1-10-4-5-12-13(9-17)16(21-14(12)7-10)18-15(19)8-11-3-2-6-20-11/h2-3,6,10H,4-5,7-8H2,1H3,(H,18,19)/t10-/m1/s1. The van der Waals surface area contributed by atoms with E-state index in [-0.39, 0.29) is 5.91 Å². The van der Waals surface area contributed by atoms with Crippen molar-refractivity contribution < 1.29 is 4.79 Å². The van der Waals surface area contributed by atoms with Gasteiger partial charge in [-0.1, -0.05) is 13.0 Å². The van der Waals surface area contributed by atoms with Gasteiger partial charge >= 0.3 is 0 Å². The van der Waals surface area contributed by atoms with Gasteiger partial charge in [0.1, 0.15) is 11.1 Å². The topological polar surface area (TPSA) is 52.9 Å². The predicted octanol–water partition coefficient (Wildman–Crippen LogP) is 3.99. The van der Waals surface area contributed by atoms with Gasteiger partial charge in [0.05, 0.1) is 12.0 Å². The Kier molecular flexibility index (Phi) is 4.09. The molecule has 3 rings (SSSR count). The second-order valence-electron chi connectivity index (χ2n) is 5.47. The molecule has 1 aliphatic carbocycles. The second-order valence-corrected chi connectivity index (χ2v) is 7.61. The van der Waals surface area contributed by atoms with Gasteiger partial charge < -0.3 is 5.32 Å². The molecule has 0 saturated carbocycles. The molecule has 1 atom stereocenters. The minimum Gasteiger partial charge on any atom is -0.316 e. The minimum absolute atomic E-state index is 0.0411. The van der Waals surface area contributed by atoms with Crippen LogP contribution in [0.15, 0.2) is 17.5 Å². The van der Waals surface area contributed by atoms with E-state index in [1.807, 2.05) is 17.5 Å². The van der Waals surface area contributed by atoms with Gasteiger partial charge in [-0.2, -0.15) is 5.26 Å². The van der Waals surface area contributed by atoms with Crippen molar-refractivity contribution in [3.8, 4) is 6.07 Å². The summed E-state index contributed by atoms with van der Waals surface area (Å²) >= 11 is 3.16. The van der Waals surface area contributed by atoms with Gasteiger partial charge in [0.15, 0.2) is 0 Å². The van der Waals surface area contributed by atoms with Crippen LogP contribution in [-0.2, 0) is 24.1 Å². The first-order valence-corrected chi connectivity index (χ1v) is 8.74. The first-order valence-electron chi connectivity index (χ1n) is 7.04. The monoisotopic (exact) mass is 316 g/mol. The maximum atomic E-state index is 12.1. The summed E-state index contributed by atoms with van der Waals surface area (Å²) < 4.78 is 0. The van der Waals surface area contributed by atoms with Crippen molar-refractivity contribution in [3.05, 3.63) is 38.4 Å². The fourth-order valence-electron chi connectivity index (χ4n) is 2.70. The number of nitrogens with one attached hydrogen (secondary N) is 1. The number of fused-ring (bicyclic) bond motifs is 1. The van der Waals surface area contributed by atoms with Crippen LogP contribution in [0.5, 0.6) is 0 Å². The van der Waals surface area contributed by atoms with E-state index in [9.17, 15) is 10.1 Å². The van der Waals surface area contributed by atoms with Crippen LogP contribution >= 0.6 is 22.7 Å². The fourth-order valence-corrected chi connectivity index (χ4v) is 4.78. The molecule has 0 unspecified atom stereocenters. The van der Waals surface area contributed by atoms with E-state index < -0.39 is 0 Å². The largest absolute Gasteiger partial charge is 0.316 e. The maximum absolute atomic E-state index is 12.1. The molecule has 2 aromatic rings. The van der Waals surface area contributed by atoms with Gasteiger partial charge in [-0.05, 0) is 42.2 Å². The molecule has 0 aliphatic heterocycles. The van der Waals surface area contributed by atoms with Gasteiger partial charge in [0, 0.05) is 9.75 Å². The Morgan fingerprint density at radius 3 is 3.14 bits per heavy atom. The summed E-state index contributed by atoms with van der Waals surface area (Å²) in [5.41, 5.74) is 1.84. The van der Waals surface area contributed by atoms with Gasteiger partial charge in [-0.15, -0.1) is 22.7 Å². The third kappa shape index (κ3) is 3.02. The van der Waals surface area contributed by atoms with Crippen LogP contribution in [0.1, 0.15) is 34.2 Å². The Morgan fingerprint density at radius 2 is 2.43 bits per heavy atom. The van der Waals surface area contributed by atoms with Gasteiger partial charge in [-0.3, -0.25) is 4.79 Å². The second kappa shape index (κ2) is 6.00. The molecule has 0 aromatic carbocycles. The van der Waals surface area contributed by atoms with Crippen molar-refractivity contribution in [3.63, 3.8) is 0 Å². The van der Waals surface area contributed by atoms with Gasteiger partial charge in [-0.25, -0.2) is 0 Å². The molecule has 0 bridgehead atoms. The molecule has 1 aliphatic rings. The van der Waals surface area contributed by atoms with Crippen LogP contribution in [0.25, 0.3) is 0 Å². The molecule has 3 nitrogen and oxygen atoms in total. The van der Waals surface area contributed by atoms with E-state index in [0.29, 0.717) is 17.9 Å². The summed E-state index contributed by atoms with van der Waals surface area (Å²) in [4.78, 5) is 14.4. The molecule has 0 spiro atoms. The third-order valence-electron chi connectivity index (χ3n) is 3.79. The van der Waals surface area contributed by atoms with Crippen LogP contribution in [-0.4, -0.2) is 5.91 Å². The van der Waals surface area contributed by atoms with Crippen molar-refractivity contribution >= 4 is 33.6 Å². The first kappa shape index (κ1) is 14.3. The molecule has 1 amide bonds. The highest BCUT2D eigenvalue weighted by molar-refractivity contribution is 7.16. The van der Waals surface area contributed by atoms with Crippen LogP contribution < -0.4 is 5.32 Å². The lowest BCUT2D eigenvalue weighted by Gasteiger charge is -2.17. The molecular weight excluding hydrogens is 300 g/mol. The molecule has 0 radical (unpaired) electrons. The number of rotatable bonds is 3. The molecule has 21 heavy (non-hydrogen) atoms. The molecular formula is C16H16N2OS2. The summed E-state index contributed by atoms with van der Waals surface area (Å²) in [5, 5.41) is 15.0. The Hall–Kier alpha value is -1.64. The number of carbonyl (C=O) groups excluding carboxylic acids is 1.